The molecular weight excluding hydrogens is 467 g/mol. The van der Waals surface area contributed by atoms with Crippen molar-refractivity contribution in [2.45, 2.75) is 19.5 Å². The first-order chi connectivity index (χ1) is 16.9. The van der Waals surface area contributed by atoms with Gasteiger partial charge in [-0.25, -0.2) is 9.37 Å². The van der Waals surface area contributed by atoms with Crippen molar-refractivity contribution in [1.82, 2.24) is 25.4 Å². The Balaban J connectivity index is 1.56. The van der Waals surface area contributed by atoms with Crippen molar-refractivity contribution >= 4 is 23.1 Å². The first-order valence-electron chi connectivity index (χ1n) is 11.0. The Morgan fingerprint density at radius 1 is 1.14 bits per heavy atom. The molecule has 0 aliphatic heterocycles. The maximum Gasteiger partial charge on any atom is 0.272 e. The molecule has 35 heavy (non-hydrogen) atoms. The highest BCUT2D eigenvalue weighted by Crippen LogP contribution is 2.34. The molecule has 3 heterocycles. The number of halogens is 1. The Morgan fingerprint density at radius 2 is 1.97 bits per heavy atom. The first kappa shape index (κ1) is 24.2. The van der Waals surface area contributed by atoms with Crippen LogP contribution in [0.3, 0.4) is 0 Å². The Labute approximate surface area is 205 Å². The van der Waals surface area contributed by atoms with Crippen molar-refractivity contribution in [1.29, 1.82) is 0 Å². The predicted octanol–water partition coefficient (Wildman–Crippen LogP) is 3.75. The molecule has 0 bridgehead atoms. The van der Waals surface area contributed by atoms with Crippen LogP contribution in [-0.4, -0.2) is 34.8 Å². The lowest BCUT2D eigenvalue weighted by atomic mass is 10.1. The van der Waals surface area contributed by atoms with E-state index in [0.717, 1.165) is 25.6 Å². The van der Waals surface area contributed by atoms with Crippen LogP contribution in [-0.2, 0) is 6.54 Å². The molecule has 180 valence electrons. The van der Waals surface area contributed by atoms with Gasteiger partial charge in [0, 0.05) is 35.6 Å². The third-order valence-corrected chi connectivity index (χ3v) is 6.69. The Morgan fingerprint density at radius 3 is 2.74 bits per heavy atom. The van der Waals surface area contributed by atoms with Crippen molar-refractivity contribution in [3.05, 3.63) is 93.1 Å². The summed E-state index contributed by atoms with van der Waals surface area (Å²) in [5.74, 6) is -0.251. The van der Waals surface area contributed by atoms with Crippen LogP contribution in [0.5, 0.6) is 0 Å². The average molecular weight is 493 g/mol. The molecule has 8 nitrogen and oxygen atoms in total. The lowest BCUT2D eigenvalue weighted by Gasteiger charge is -2.13. The van der Waals surface area contributed by atoms with Gasteiger partial charge in [-0.05, 0) is 67.6 Å². The summed E-state index contributed by atoms with van der Waals surface area (Å²) in [7, 11) is 3.53. The first-order valence-corrected chi connectivity index (χ1v) is 11.8. The molecule has 4 rings (SSSR count). The zero-order valence-corrected chi connectivity index (χ0v) is 20.3. The third-order valence-electron chi connectivity index (χ3n) is 5.39. The van der Waals surface area contributed by atoms with E-state index in [-0.39, 0.29) is 23.1 Å². The van der Waals surface area contributed by atoms with Crippen molar-refractivity contribution in [3.63, 3.8) is 0 Å². The molecule has 0 saturated carbocycles. The fourth-order valence-corrected chi connectivity index (χ4v) is 4.72. The molecular formula is C25H25FN6O2S. The maximum absolute atomic E-state index is 13.9. The molecule has 0 aliphatic rings. The number of amides is 1. The van der Waals surface area contributed by atoms with Gasteiger partial charge in [0.1, 0.15) is 17.2 Å². The molecule has 0 spiro atoms. The molecule has 1 amide bonds. The van der Waals surface area contributed by atoms with E-state index >= 15 is 0 Å². The zero-order chi connectivity index (χ0) is 24.9. The third kappa shape index (κ3) is 5.28. The van der Waals surface area contributed by atoms with Crippen molar-refractivity contribution in [2.75, 3.05) is 19.4 Å². The number of nitrogens with one attached hydrogen (secondary N) is 3. The highest BCUT2D eigenvalue weighted by Gasteiger charge is 2.18. The number of pyridine rings is 1. The molecule has 0 aliphatic carbocycles. The Bertz CT molecular complexity index is 1420. The Hall–Kier alpha value is -3.89. The van der Waals surface area contributed by atoms with E-state index in [2.05, 4.69) is 26.0 Å². The summed E-state index contributed by atoms with van der Waals surface area (Å²) < 4.78 is 15.1. The van der Waals surface area contributed by atoms with Gasteiger partial charge in [-0.2, -0.15) is 9.78 Å². The van der Waals surface area contributed by atoms with Gasteiger partial charge in [0.2, 0.25) is 0 Å². The summed E-state index contributed by atoms with van der Waals surface area (Å²) in [4.78, 5) is 31.4. The fourth-order valence-electron chi connectivity index (χ4n) is 3.66. The number of hydrogen-bond donors (Lipinski definition) is 3. The normalized spacial score (nSPS) is 11.8. The summed E-state index contributed by atoms with van der Waals surface area (Å²) in [6.07, 6.45) is 1.60. The van der Waals surface area contributed by atoms with E-state index in [0.29, 0.717) is 18.1 Å². The predicted molar refractivity (Wildman–Crippen MR) is 136 cm³/mol. The molecule has 10 heteroatoms. The second kappa shape index (κ2) is 10.6. The van der Waals surface area contributed by atoms with Crippen LogP contribution in [0.15, 0.2) is 65.6 Å². The maximum atomic E-state index is 13.9. The van der Waals surface area contributed by atoms with Crippen molar-refractivity contribution < 1.29 is 9.18 Å². The van der Waals surface area contributed by atoms with Crippen LogP contribution in [0.1, 0.15) is 33.9 Å². The van der Waals surface area contributed by atoms with Crippen molar-refractivity contribution in [2.24, 2.45) is 0 Å². The number of aromatic nitrogens is 3. The van der Waals surface area contributed by atoms with Gasteiger partial charge >= 0.3 is 0 Å². The van der Waals surface area contributed by atoms with Crippen LogP contribution in [0, 0.1) is 5.82 Å². The zero-order valence-electron chi connectivity index (χ0n) is 19.5. The topological polar surface area (TPSA) is 101 Å². The molecule has 3 aromatic heterocycles. The summed E-state index contributed by atoms with van der Waals surface area (Å²) in [5.41, 5.74) is 1.97. The van der Waals surface area contributed by atoms with Gasteiger partial charge < -0.3 is 16.0 Å². The van der Waals surface area contributed by atoms with E-state index in [1.54, 1.807) is 31.4 Å². The minimum absolute atomic E-state index is 0.0978. The van der Waals surface area contributed by atoms with E-state index in [9.17, 15) is 14.0 Å². The highest BCUT2D eigenvalue weighted by molar-refractivity contribution is 7.15. The largest absolute Gasteiger partial charge is 0.371 e. The SMILES string of the molecule is CNCc1ccc(F)cc1-c1ccc([C@@H](C)NC(=O)c2ccc(=O)n(-c3cccnc3NC)n2)s1. The van der Waals surface area contributed by atoms with Crippen molar-refractivity contribution in [3.8, 4) is 16.1 Å². The quantitative estimate of drug-likeness (QED) is 0.346. The van der Waals surface area contributed by atoms with E-state index in [1.807, 2.05) is 26.1 Å². The number of carbonyl (C=O) groups is 1. The molecule has 0 radical (unpaired) electrons. The van der Waals surface area contributed by atoms with Crippen LogP contribution < -0.4 is 21.5 Å². The number of carbonyl (C=O) groups excluding carboxylic acids is 1. The van der Waals surface area contributed by atoms with Crippen LogP contribution >= 0.6 is 11.3 Å². The summed E-state index contributed by atoms with van der Waals surface area (Å²) in [5, 5.41) is 13.2. The van der Waals surface area contributed by atoms with E-state index in [4.69, 9.17) is 0 Å². The van der Waals surface area contributed by atoms with Crippen LogP contribution in [0.2, 0.25) is 0 Å². The fraction of sp³-hybridized carbons (Fsp3) is 0.200. The lowest BCUT2D eigenvalue weighted by molar-refractivity contribution is 0.0933. The minimum Gasteiger partial charge on any atom is -0.371 e. The minimum atomic E-state index is -0.419. The Kier molecular flexibility index (Phi) is 7.33. The number of anilines is 1. The molecule has 3 N–H and O–H groups in total. The van der Waals surface area contributed by atoms with Gasteiger partial charge in [0.25, 0.3) is 11.5 Å². The summed E-state index contributed by atoms with van der Waals surface area (Å²) in [6.45, 7) is 2.48. The average Bonchev–Trinajstić information content (AvgIpc) is 3.36. The molecule has 1 aromatic carbocycles. The lowest BCUT2D eigenvalue weighted by Crippen LogP contribution is -2.30. The molecule has 1 atom stereocenters. The smallest absolute Gasteiger partial charge is 0.272 e. The number of nitrogens with zero attached hydrogens (tertiary/aromatic N) is 3. The molecule has 0 unspecified atom stereocenters. The number of benzene rings is 1. The van der Waals surface area contributed by atoms with Gasteiger partial charge in [-0.1, -0.05) is 6.07 Å². The van der Waals surface area contributed by atoms with E-state index in [1.165, 1.54) is 35.6 Å². The standard InChI is InChI=1S/C25H25FN6O2S/c1-15(21-9-10-22(35-21)18-13-17(26)7-6-16(18)14-27-2)30-25(34)19-8-11-23(33)32(31-19)20-5-4-12-29-24(20)28-3/h4-13,15,27H,14H2,1-3H3,(H,28,29)(H,30,34)/t15-/m1/s1. The number of thiophene rings is 1. The highest BCUT2D eigenvalue weighted by atomic mass is 32.1. The summed E-state index contributed by atoms with van der Waals surface area (Å²) >= 11 is 1.49. The number of rotatable bonds is 8. The summed E-state index contributed by atoms with van der Waals surface area (Å²) in [6, 6.07) is 14.3. The second-order valence-electron chi connectivity index (χ2n) is 7.82. The van der Waals surface area contributed by atoms with Gasteiger partial charge in [0.05, 0.1) is 6.04 Å². The molecule has 0 fully saturated rings. The van der Waals surface area contributed by atoms with E-state index < -0.39 is 5.91 Å². The van der Waals surface area contributed by atoms with Crippen LogP contribution in [0.25, 0.3) is 16.1 Å². The monoisotopic (exact) mass is 492 g/mol. The van der Waals surface area contributed by atoms with Gasteiger partial charge in [-0.15, -0.1) is 11.3 Å². The molecule has 0 saturated heterocycles. The number of hydrogen-bond acceptors (Lipinski definition) is 7. The van der Waals surface area contributed by atoms with Gasteiger partial charge in [0.15, 0.2) is 5.82 Å². The second-order valence-corrected chi connectivity index (χ2v) is 8.93. The van der Waals surface area contributed by atoms with Crippen LogP contribution in [0.4, 0.5) is 10.2 Å². The molecule has 4 aromatic rings. The van der Waals surface area contributed by atoms with Gasteiger partial charge in [-0.3, -0.25) is 9.59 Å².